The molecule has 0 aliphatic carbocycles. The summed E-state index contributed by atoms with van der Waals surface area (Å²) in [6.07, 6.45) is 0. The van der Waals surface area contributed by atoms with Crippen LogP contribution in [0.15, 0.2) is 34.2 Å². The maximum atomic E-state index is 12.6. The molecule has 3 rings (SSSR count). The average Bonchev–Trinajstić information content (AvgIpc) is 3.11. The smallest absolute Gasteiger partial charge is 0.340 e. The first-order chi connectivity index (χ1) is 13.0. The van der Waals surface area contributed by atoms with Gasteiger partial charge in [-0.2, -0.15) is 11.8 Å². The number of anilines is 1. The fourth-order valence-corrected chi connectivity index (χ4v) is 4.38. The molecule has 1 unspecified atom stereocenters. The summed E-state index contributed by atoms with van der Waals surface area (Å²) >= 11 is 2.82. The van der Waals surface area contributed by atoms with E-state index in [1.54, 1.807) is 49.9 Å². The first kappa shape index (κ1) is 19.5. The second-order valence-electron chi connectivity index (χ2n) is 5.80. The number of amides is 1. The zero-order chi connectivity index (χ0) is 19.4. The Hall–Kier alpha value is -2.26. The molecule has 9 heteroatoms. The molecule has 0 fully saturated rings. The Labute approximate surface area is 164 Å². The zero-order valence-electron chi connectivity index (χ0n) is 14.9. The minimum absolute atomic E-state index is 0.146. The first-order valence-electron chi connectivity index (χ1n) is 8.43. The molecule has 0 saturated heterocycles. The third-order valence-electron chi connectivity index (χ3n) is 3.90. The van der Waals surface area contributed by atoms with Crippen molar-refractivity contribution in [1.82, 2.24) is 9.97 Å². The number of para-hydroxylation sites is 1. The Bertz CT molecular complexity index is 929. The summed E-state index contributed by atoms with van der Waals surface area (Å²) in [5.74, 6) is 0.592. The van der Waals surface area contributed by atoms with Gasteiger partial charge in [-0.3, -0.25) is 9.59 Å². The summed E-state index contributed by atoms with van der Waals surface area (Å²) in [6.45, 7) is 3.69. The number of aromatic amines is 1. The van der Waals surface area contributed by atoms with Crippen molar-refractivity contribution in [3.8, 4) is 0 Å². The van der Waals surface area contributed by atoms with Gasteiger partial charge in [0.15, 0.2) is 5.16 Å². The summed E-state index contributed by atoms with van der Waals surface area (Å²) in [5, 5.41) is 2.65. The normalized spacial score (nSPS) is 13.7. The fourth-order valence-electron chi connectivity index (χ4n) is 2.53. The standard InChI is InChI=1S/C18H19N3O4S2/c1-3-25-17(24)11-6-4-5-7-13(11)19-15(22)10(2)27-18-20-14-9-26-8-12(14)16(23)21-18/h4-7,10H,3,8-9H2,1-2H3,(H,19,22)(H,20,21,23). The van der Waals surface area contributed by atoms with E-state index in [-0.39, 0.29) is 18.1 Å². The minimum atomic E-state index is -0.518. The lowest BCUT2D eigenvalue weighted by Gasteiger charge is -2.14. The van der Waals surface area contributed by atoms with Crippen LogP contribution < -0.4 is 10.9 Å². The third-order valence-corrected chi connectivity index (χ3v) is 5.86. The lowest BCUT2D eigenvalue weighted by Crippen LogP contribution is -2.25. The van der Waals surface area contributed by atoms with Crippen LogP contribution in [-0.2, 0) is 21.0 Å². The summed E-state index contributed by atoms with van der Waals surface area (Å²) < 4.78 is 5.01. The molecule has 0 bridgehead atoms. The van der Waals surface area contributed by atoms with Crippen LogP contribution in [0.3, 0.4) is 0 Å². The Morgan fingerprint density at radius 2 is 2.15 bits per heavy atom. The van der Waals surface area contributed by atoms with E-state index in [9.17, 15) is 14.4 Å². The number of carbonyl (C=O) groups is 2. The van der Waals surface area contributed by atoms with Gasteiger partial charge < -0.3 is 15.0 Å². The van der Waals surface area contributed by atoms with Crippen molar-refractivity contribution in [2.75, 3.05) is 11.9 Å². The Balaban J connectivity index is 1.71. The molecular formula is C18H19N3O4S2. The van der Waals surface area contributed by atoms with Crippen LogP contribution in [-0.4, -0.2) is 33.7 Å². The average molecular weight is 406 g/mol. The van der Waals surface area contributed by atoms with Crippen molar-refractivity contribution in [3.05, 3.63) is 51.4 Å². The molecule has 1 aliphatic heterocycles. The largest absolute Gasteiger partial charge is 0.462 e. The Morgan fingerprint density at radius 1 is 1.37 bits per heavy atom. The van der Waals surface area contributed by atoms with Crippen molar-refractivity contribution < 1.29 is 14.3 Å². The van der Waals surface area contributed by atoms with Crippen LogP contribution in [0.5, 0.6) is 0 Å². The number of rotatable bonds is 6. The first-order valence-corrected chi connectivity index (χ1v) is 10.5. The lowest BCUT2D eigenvalue weighted by atomic mass is 10.1. The number of nitrogens with one attached hydrogen (secondary N) is 2. The summed E-state index contributed by atoms with van der Waals surface area (Å²) in [4.78, 5) is 43.8. The highest BCUT2D eigenvalue weighted by molar-refractivity contribution is 8.00. The maximum Gasteiger partial charge on any atom is 0.340 e. The van der Waals surface area contributed by atoms with Gasteiger partial charge >= 0.3 is 5.97 Å². The fraction of sp³-hybridized carbons (Fsp3) is 0.333. The molecule has 142 valence electrons. The van der Waals surface area contributed by atoms with E-state index in [1.807, 2.05) is 0 Å². The monoisotopic (exact) mass is 405 g/mol. The van der Waals surface area contributed by atoms with Crippen LogP contribution in [0.4, 0.5) is 5.69 Å². The van der Waals surface area contributed by atoms with Gasteiger partial charge in [-0.05, 0) is 26.0 Å². The molecule has 0 saturated carbocycles. The molecule has 1 amide bonds. The summed E-state index contributed by atoms with van der Waals surface area (Å²) in [6, 6.07) is 6.68. The molecule has 1 aromatic carbocycles. The second kappa shape index (κ2) is 8.62. The molecule has 2 aromatic rings. The molecule has 27 heavy (non-hydrogen) atoms. The number of benzene rings is 1. The van der Waals surface area contributed by atoms with Gasteiger partial charge in [-0.15, -0.1) is 0 Å². The van der Waals surface area contributed by atoms with Crippen molar-refractivity contribution >= 4 is 41.1 Å². The molecule has 0 radical (unpaired) electrons. The number of nitrogens with zero attached hydrogens (tertiary/aromatic N) is 1. The quantitative estimate of drug-likeness (QED) is 0.433. The minimum Gasteiger partial charge on any atom is -0.462 e. The molecule has 1 aliphatic rings. The predicted octanol–water partition coefficient (Wildman–Crippen LogP) is 2.81. The molecule has 2 heterocycles. The van der Waals surface area contributed by atoms with Gasteiger partial charge in [-0.1, -0.05) is 23.9 Å². The van der Waals surface area contributed by atoms with Gasteiger partial charge in [0.05, 0.1) is 28.8 Å². The van der Waals surface area contributed by atoms with Crippen molar-refractivity contribution in [3.63, 3.8) is 0 Å². The van der Waals surface area contributed by atoms with Crippen LogP contribution in [0.1, 0.15) is 35.5 Å². The van der Waals surface area contributed by atoms with Gasteiger partial charge in [-0.25, -0.2) is 9.78 Å². The Kier molecular flexibility index (Phi) is 6.22. The van der Waals surface area contributed by atoms with E-state index < -0.39 is 11.2 Å². The molecular weight excluding hydrogens is 386 g/mol. The molecule has 1 atom stereocenters. The van der Waals surface area contributed by atoms with Crippen molar-refractivity contribution in [2.24, 2.45) is 0 Å². The SMILES string of the molecule is CCOC(=O)c1ccccc1NC(=O)C(C)Sc1nc2c(c(=O)[nH]1)CSC2. The number of hydrogen-bond donors (Lipinski definition) is 2. The number of carbonyl (C=O) groups excluding carboxylic acids is 2. The van der Waals surface area contributed by atoms with Crippen LogP contribution >= 0.6 is 23.5 Å². The number of H-pyrrole nitrogens is 1. The van der Waals surface area contributed by atoms with E-state index in [0.717, 1.165) is 5.69 Å². The number of hydrogen-bond acceptors (Lipinski definition) is 7. The number of esters is 1. The van der Waals surface area contributed by atoms with Crippen molar-refractivity contribution in [1.29, 1.82) is 0 Å². The van der Waals surface area contributed by atoms with E-state index in [1.165, 1.54) is 11.8 Å². The van der Waals surface area contributed by atoms with E-state index in [0.29, 0.717) is 33.5 Å². The number of thioether (sulfide) groups is 2. The number of fused-ring (bicyclic) bond motifs is 1. The lowest BCUT2D eigenvalue weighted by molar-refractivity contribution is -0.115. The Morgan fingerprint density at radius 3 is 2.93 bits per heavy atom. The van der Waals surface area contributed by atoms with E-state index >= 15 is 0 Å². The summed E-state index contributed by atoms with van der Waals surface area (Å²) in [5.41, 5.74) is 2.04. The zero-order valence-corrected chi connectivity index (χ0v) is 16.5. The van der Waals surface area contributed by atoms with Gasteiger partial charge in [0.1, 0.15) is 0 Å². The van der Waals surface area contributed by atoms with Crippen LogP contribution in [0.2, 0.25) is 0 Å². The van der Waals surface area contributed by atoms with Crippen molar-refractivity contribution in [2.45, 2.75) is 35.8 Å². The second-order valence-corrected chi connectivity index (χ2v) is 8.12. The van der Waals surface area contributed by atoms with E-state index in [4.69, 9.17) is 4.74 Å². The van der Waals surface area contributed by atoms with E-state index in [2.05, 4.69) is 15.3 Å². The highest BCUT2D eigenvalue weighted by Crippen LogP contribution is 2.28. The number of ether oxygens (including phenoxy) is 1. The van der Waals surface area contributed by atoms with Crippen LogP contribution in [0.25, 0.3) is 0 Å². The molecule has 2 N–H and O–H groups in total. The maximum absolute atomic E-state index is 12.6. The number of aromatic nitrogens is 2. The summed E-state index contributed by atoms with van der Waals surface area (Å²) in [7, 11) is 0. The highest BCUT2D eigenvalue weighted by atomic mass is 32.2. The van der Waals surface area contributed by atoms with Gasteiger partial charge in [0.25, 0.3) is 5.56 Å². The highest BCUT2D eigenvalue weighted by Gasteiger charge is 2.22. The van der Waals surface area contributed by atoms with Gasteiger partial charge in [0, 0.05) is 17.1 Å². The third kappa shape index (κ3) is 4.54. The predicted molar refractivity (Wildman–Crippen MR) is 106 cm³/mol. The molecule has 7 nitrogen and oxygen atoms in total. The van der Waals surface area contributed by atoms with Gasteiger partial charge in [0.2, 0.25) is 5.91 Å². The topological polar surface area (TPSA) is 101 Å². The molecule has 1 aromatic heterocycles. The molecule has 0 spiro atoms. The van der Waals surface area contributed by atoms with Crippen LogP contribution in [0, 0.1) is 0 Å².